The molecular weight excluding hydrogens is 318 g/mol. The Bertz CT molecular complexity index is 529. The monoisotopic (exact) mass is 349 g/mol. The van der Waals surface area contributed by atoms with Gasteiger partial charge >= 0.3 is 6.09 Å². The Morgan fingerprint density at radius 1 is 1.28 bits per heavy atom. The zero-order valence-electron chi connectivity index (χ0n) is 15.9. The fourth-order valence-electron chi connectivity index (χ4n) is 3.73. The third-order valence-electron chi connectivity index (χ3n) is 5.07. The molecule has 1 N–H and O–H groups in total. The average Bonchev–Trinajstić information content (AvgIpc) is 3.14. The smallest absolute Gasteiger partial charge is 0.410 e. The second-order valence-corrected chi connectivity index (χ2v) is 8.52. The van der Waals surface area contributed by atoms with E-state index < -0.39 is 17.6 Å². The molecular formula is C19H31N3O3. The molecule has 3 atom stereocenters. The van der Waals surface area contributed by atoms with Gasteiger partial charge in [-0.05, 0) is 33.1 Å². The predicted octanol–water partition coefficient (Wildman–Crippen LogP) is 3.08. The molecule has 2 rings (SSSR count). The van der Waals surface area contributed by atoms with Crippen LogP contribution in [0.5, 0.6) is 0 Å². The summed E-state index contributed by atoms with van der Waals surface area (Å²) >= 11 is 0. The lowest BCUT2D eigenvalue weighted by molar-refractivity contribution is -0.125. The Balaban J connectivity index is 1.88. The number of hydrogen-bond donors (Lipinski definition) is 1. The van der Waals surface area contributed by atoms with Crippen molar-refractivity contribution in [3.8, 4) is 6.07 Å². The largest absolute Gasteiger partial charge is 0.444 e. The van der Waals surface area contributed by atoms with E-state index in [2.05, 4.69) is 11.4 Å². The van der Waals surface area contributed by atoms with Gasteiger partial charge in [0.05, 0.1) is 18.0 Å². The number of ether oxygens (including phenoxy) is 1. The molecule has 0 aromatic heterocycles. The molecule has 0 unspecified atom stereocenters. The summed E-state index contributed by atoms with van der Waals surface area (Å²) in [5.74, 6) is 0.186. The summed E-state index contributed by atoms with van der Waals surface area (Å²) in [6.07, 6.45) is 5.45. The molecule has 2 amide bonds. The fraction of sp³-hybridized carbons (Fsp3) is 0.842. The van der Waals surface area contributed by atoms with Gasteiger partial charge in [0, 0.05) is 19.0 Å². The van der Waals surface area contributed by atoms with Crippen LogP contribution in [0.1, 0.15) is 59.8 Å². The van der Waals surface area contributed by atoms with Gasteiger partial charge in [-0.25, -0.2) is 4.79 Å². The van der Waals surface area contributed by atoms with Crippen molar-refractivity contribution in [2.24, 2.45) is 17.8 Å². The molecule has 1 aliphatic carbocycles. The van der Waals surface area contributed by atoms with E-state index in [1.54, 1.807) is 0 Å². The standard InChI is InChI=1S/C19H31N3O3/c1-13(9-14-7-5-6-8-14)17(23)21-16-12-22(11-15(16)10-20)18(24)25-19(2,3)4/h13-16H,5-9,11-12H2,1-4H3,(H,21,23)/t13-,15-,16-/m1/s1. The van der Waals surface area contributed by atoms with E-state index in [1.807, 2.05) is 27.7 Å². The van der Waals surface area contributed by atoms with Crippen molar-refractivity contribution < 1.29 is 14.3 Å². The molecule has 1 saturated carbocycles. The van der Waals surface area contributed by atoms with Crippen LogP contribution in [0.4, 0.5) is 4.79 Å². The van der Waals surface area contributed by atoms with Gasteiger partial charge in [0.25, 0.3) is 0 Å². The average molecular weight is 349 g/mol. The Morgan fingerprint density at radius 2 is 1.92 bits per heavy atom. The van der Waals surface area contributed by atoms with E-state index in [1.165, 1.54) is 30.6 Å². The van der Waals surface area contributed by atoms with E-state index in [4.69, 9.17) is 4.74 Å². The zero-order valence-corrected chi connectivity index (χ0v) is 15.9. The van der Waals surface area contributed by atoms with E-state index in [-0.39, 0.29) is 17.9 Å². The van der Waals surface area contributed by atoms with Gasteiger partial charge in [-0.3, -0.25) is 4.79 Å². The van der Waals surface area contributed by atoms with Gasteiger partial charge in [-0.2, -0.15) is 5.26 Å². The molecule has 140 valence electrons. The highest BCUT2D eigenvalue weighted by Crippen LogP contribution is 2.30. The number of amides is 2. The molecule has 2 aliphatic rings. The van der Waals surface area contributed by atoms with Gasteiger partial charge in [0.15, 0.2) is 0 Å². The van der Waals surface area contributed by atoms with E-state index >= 15 is 0 Å². The first kappa shape index (κ1) is 19.6. The lowest BCUT2D eigenvalue weighted by atomic mass is 9.93. The zero-order chi connectivity index (χ0) is 18.6. The Hall–Kier alpha value is -1.77. The van der Waals surface area contributed by atoms with Crippen molar-refractivity contribution in [1.29, 1.82) is 5.26 Å². The van der Waals surface area contributed by atoms with Crippen molar-refractivity contribution >= 4 is 12.0 Å². The molecule has 0 aromatic rings. The predicted molar refractivity (Wildman–Crippen MR) is 94.6 cm³/mol. The SMILES string of the molecule is C[C@H](CC1CCCC1)C(=O)N[C@@H]1CN(C(=O)OC(C)(C)C)C[C@H]1C#N. The number of hydrogen-bond acceptors (Lipinski definition) is 4. The van der Waals surface area contributed by atoms with Crippen LogP contribution in [-0.2, 0) is 9.53 Å². The van der Waals surface area contributed by atoms with Crippen LogP contribution in [0.2, 0.25) is 0 Å². The topological polar surface area (TPSA) is 82.4 Å². The first-order valence-electron chi connectivity index (χ1n) is 9.37. The highest BCUT2D eigenvalue weighted by Gasteiger charge is 2.38. The van der Waals surface area contributed by atoms with Crippen molar-refractivity contribution in [2.75, 3.05) is 13.1 Å². The maximum Gasteiger partial charge on any atom is 0.410 e. The molecule has 2 fully saturated rings. The lowest BCUT2D eigenvalue weighted by Crippen LogP contribution is -2.43. The third-order valence-corrected chi connectivity index (χ3v) is 5.07. The van der Waals surface area contributed by atoms with E-state index in [0.29, 0.717) is 19.0 Å². The minimum atomic E-state index is -0.573. The maximum absolute atomic E-state index is 12.5. The number of nitrogens with zero attached hydrogens (tertiary/aromatic N) is 2. The minimum Gasteiger partial charge on any atom is -0.444 e. The Kier molecular flexibility index (Phi) is 6.31. The third kappa shape index (κ3) is 5.62. The second-order valence-electron chi connectivity index (χ2n) is 8.52. The summed E-state index contributed by atoms with van der Waals surface area (Å²) in [4.78, 5) is 26.2. The highest BCUT2D eigenvalue weighted by atomic mass is 16.6. The molecule has 1 saturated heterocycles. The number of nitrogens with one attached hydrogen (secondary N) is 1. The number of rotatable bonds is 4. The van der Waals surface area contributed by atoms with Gasteiger partial charge in [0.2, 0.25) is 5.91 Å². The van der Waals surface area contributed by atoms with Crippen LogP contribution in [0, 0.1) is 29.1 Å². The Labute approximate surface area is 150 Å². The van der Waals surface area contributed by atoms with Crippen molar-refractivity contribution in [3.63, 3.8) is 0 Å². The molecule has 6 heteroatoms. The van der Waals surface area contributed by atoms with Gasteiger partial charge in [0.1, 0.15) is 5.60 Å². The summed E-state index contributed by atoms with van der Waals surface area (Å²) in [6, 6.07) is 1.89. The Morgan fingerprint density at radius 3 is 2.48 bits per heavy atom. The summed E-state index contributed by atoms with van der Waals surface area (Å²) in [5, 5.41) is 12.4. The first-order valence-corrected chi connectivity index (χ1v) is 9.37. The van der Waals surface area contributed by atoms with Crippen molar-refractivity contribution in [2.45, 2.75) is 71.4 Å². The van der Waals surface area contributed by atoms with Crippen molar-refractivity contribution in [1.82, 2.24) is 10.2 Å². The van der Waals surface area contributed by atoms with Crippen molar-refractivity contribution in [3.05, 3.63) is 0 Å². The highest BCUT2D eigenvalue weighted by molar-refractivity contribution is 5.79. The molecule has 1 heterocycles. The first-order chi connectivity index (χ1) is 11.7. The lowest BCUT2D eigenvalue weighted by Gasteiger charge is -2.24. The van der Waals surface area contributed by atoms with Gasteiger partial charge in [-0.1, -0.05) is 32.6 Å². The molecule has 1 aliphatic heterocycles. The molecule has 25 heavy (non-hydrogen) atoms. The number of carbonyl (C=O) groups is 2. The van der Waals surface area contributed by atoms with E-state index in [0.717, 1.165) is 6.42 Å². The summed E-state index contributed by atoms with van der Waals surface area (Å²) in [5.41, 5.74) is -0.573. The van der Waals surface area contributed by atoms with Gasteiger partial charge in [-0.15, -0.1) is 0 Å². The van der Waals surface area contributed by atoms with Crippen LogP contribution in [0.3, 0.4) is 0 Å². The quantitative estimate of drug-likeness (QED) is 0.845. The molecule has 6 nitrogen and oxygen atoms in total. The van der Waals surface area contributed by atoms with Crippen LogP contribution in [0.15, 0.2) is 0 Å². The van der Waals surface area contributed by atoms with Crippen LogP contribution >= 0.6 is 0 Å². The van der Waals surface area contributed by atoms with Crippen LogP contribution in [0.25, 0.3) is 0 Å². The minimum absolute atomic E-state index is 0.0109. The van der Waals surface area contributed by atoms with Crippen LogP contribution < -0.4 is 5.32 Å². The van der Waals surface area contributed by atoms with Crippen LogP contribution in [-0.4, -0.2) is 41.6 Å². The molecule has 0 radical (unpaired) electrons. The summed E-state index contributed by atoms with van der Waals surface area (Å²) in [6.45, 7) is 8.02. The number of carbonyl (C=O) groups excluding carboxylic acids is 2. The summed E-state index contributed by atoms with van der Waals surface area (Å²) in [7, 11) is 0. The molecule has 0 spiro atoms. The second kappa shape index (κ2) is 8.07. The normalized spacial score (nSPS) is 25.5. The summed E-state index contributed by atoms with van der Waals surface area (Å²) < 4.78 is 5.37. The number of likely N-dealkylation sites (tertiary alicyclic amines) is 1. The number of nitriles is 1. The fourth-order valence-corrected chi connectivity index (χ4v) is 3.73. The van der Waals surface area contributed by atoms with Gasteiger partial charge < -0.3 is 15.0 Å². The molecule has 0 aromatic carbocycles. The van der Waals surface area contributed by atoms with E-state index in [9.17, 15) is 14.9 Å². The maximum atomic E-state index is 12.5. The molecule has 0 bridgehead atoms.